The number of ether oxygens (including phenoxy) is 1. The van der Waals surface area contributed by atoms with Crippen LogP contribution in [0, 0.1) is 6.92 Å². The third kappa shape index (κ3) is 3.38. The van der Waals surface area contributed by atoms with E-state index < -0.39 is 0 Å². The van der Waals surface area contributed by atoms with Crippen LogP contribution < -0.4 is 10.3 Å². The van der Waals surface area contributed by atoms with Crippen molar-refractivity contribution in [1.29, 1.82) is 0 Å². The maximum atomic E-state index is 13.1. The van der Waals surface area contributed by atoms with Crippen LogP contribution in [0.1, 0.15) is 11.3 Å². The summed E-state index contributed by atoms with van der Waals surface area (Å²) in [6.07, 6.45) is 2.15. The first-order valence-corrected chi connectivity index (χ1v) is 10.4. The number of halogens is 1. The molecule has 0 aliphatic rings. The second-order valence-corrected chi connectivity index (χ2v) is 7.82. The lowest BCUT2D eigenvalue weighted by Crippen LogP contribution is -2.24. The fraction of sp³-hybridized carbons (Fsp3) is 0.174. The molecule has 3 aromatic heterocycles. The van der Waals surface area contributed by atoms with E-state index in [1.54, 1.807) is 11.6 Å². The molecule has 0 unspecified atom stereocenters. The number of aryl methyl sites for hydroxylation is 3. The van der Waals surface area contributed by atoms with Crippen LogP contribution in [0.25, 0.3) is 27.9 Å². The van der Waals surface area contributed by atoms with Gasteiger partial charge in [-0.3, -0.25) is 9.36 Å². The molecule has 0 fully saturated rings. The van der Waals surface area contributed by atoms with Gasteiger partial charge in [-0.2, -0.15) is 9.61 Å². The zero-order valence-corrected chi connectivity index (χ0v) is 18.2. The van der Waals surface area contributed by atoms with E-state index in [9.17, 15) is 4.79 Å². The van der Waals surface area contributed by atoms with E-state index in [2.05, 4.69) is 20.3 Å². The quantitative estimate of drug-likeness (QED) is 0.409. The van der Waals surface area contributed by atoms with Gasteiger partial charge in [0.15, 0.2) is 16.8 Å². The zero-order valence-electron chi connectivity index (χ0n) is 17.5. The van der Waals surface area contributed by atoms with Gasteiger partial charge in [0.1, 0.15) is 12.1 Å². The number of methoxy groups -OCH3 is 1. The van der Waals surface area contributed by atoms with Crippen molar-refractivity contribution in [1.82, 2.24) is 29.4 Å². The Hall–Kier alpha value is -3.78. The van der Waals surface area contributed by atoms with Crippen molar-refractivity contribution in [3.05, 3.63) is 81.5 Å². The van der Waals surface area contributed by atoms with E-state index in [0.717, 1.165) is 28.1 Å². The Balaban J connectivity index is 1.56. The summed E-state index contributed by atoms with van der Waals surface area (Å²) >= 11 is 6.02. The summed E-state index contributed by atoms with van der Waals surface area (Å²) in [5.74, 6) is 0.789. The van der Waals surface area contributed by atoms with E-state index in [1.165, 1.54) is 10.9 Å². The molecule has 0 amide bonds. The molecule has 2 aromatic carbocycles. The second kappa shape index (κ2) is 8.05. The Morgan fingerprint density at radius 2 is 1.81 bits per heavy atom. The first kappa shape index (κ1) is 20.1. The van der Waals surface area contributed by atoms with Gasteiger partial charge >= 0.3 is 0 Å². The monoisotopic (exact) mass is 446 g/mol. The van der Waals surface area contributed by atoms with Crippen LogP contribution in [0.15, 0.2) is 59.7 Å². The Morgan fingerprint density at radius 1 is 1.03 bits per heavy atom. The summed E-state index contributed by atoms with van der Waals surface area (Å²) in [5.41, 5.74) is 4.34. The molecule has 0 saturated heterocycles. The van der Waals surface area contributed by atoms with Crippen LogP contribution in [0.5, 0.6) is 5.75 Å². The molecule has 0 aliphatic carbocycles. The lowest BCUT2D eigenvalue weighted by atomic mass is 10.1. The summed E-state index contributed by atoms with van der Waals surface area (Å²) < 4.78 is 8.51. The molecular formula is C23H19ClN6O2. The van der Waals surface area contributed by atoms with Crippen LogP contribution in [0.2, 0.25) is 5.02 Å². The van der Waals surface area contributed by atoms with Gasteiger partial charge in [0.05, 0.1) is 18.4 Å². The number of para-hydroxylation sites is 1. The Labute approximate surface area is 188 Å². The topological polar surface area (TPSA) is 87.2 Å². The van der Waals surface area contributed by atoms with Gasteiger partial charge in [-0.1, -0.05) is 41.9 Å². The number of benzene rings is 2. The van der Waals surface area contributed by atoms with Crippen LogP contribution in [-0.2, 0) is 13.0 Å². The van der Waals surface area contributed by atoms with E-state index in [1.807, 2.05) is 55.5 Å². The van der Waals surface area contributed by atoms with E-state index in [4.69, 9.17) is 16.3 Å². The molecule has 9 heteroatoms. The molecule has 0 bridgehead atoms. The van der Waals surface area contributed by atoms with Crippen molar-refractivity contribution in [2.45, 2.75) is 19.9 Å². The predicted octanol–water partition coefficient (Wildman–Crippen LogP) is 3.71. The maximum absolute atomic E-state index is 13.1. The summed E-state index contributed by atoms with van der Waals surface area (Å²) in [6.45, 7) is 2.33. The first-order valence-electron chi connectivity index (χ1n) is 10.1. The number of rotatable bonds is 5. The number of aromatic nitrogens is 6. The van der Waals surface area contributed by atoms with Crippen LogP contribution >= 0.6 is 11.6 Å². The van der Waals surface area contributed by atoms with E-state index in [-0.39, 0.29) is 11.1 Å². The van der Waals surface area contributed by atoms with Crippen molar-refractivity contribution in [2.24, 2.45) is 0 Å². The minimum Gasteiger partial charge on any atom is -0.496 e. The van der Waals surface area contributed by atoms with Crippen molar-refractivity contribution < 1.29 is 4.74 Å². The molecule has 3 heterocycles. The molecule has 0 spiro atoms. The molecule has 160 valence electrons. The van der Waals surface area contributed by atoms with Crippen molar-refractivity contribution in [3.8, 4) is 16.9 Å². The lowest BCUT2D eigenvalue weighted by Gasteiger charge is -2.10. The predicted molar refractivity (Wildman–Crippen MR) is 122 cm³/mol. The fourth-order valence-electron chi connectivity index (χ4n) is 3.83. The Morgan fingerprint density at radius 3 is 2.59 bits per heavy atom. The lowest BCUT2D eigenvalue weighted by molar-refractivity contribution is 0.408. The average molecular weight is 447 g/mol. The highest BCUT2D eigenvalue weighted by Gasteiger charge is 2.18. The van der Waals surface area contributed by atoms with E-state index >= 15 is 0 Å². The van der Waals surface area contributed by atoms with Crippen LogP contribution in [-0.4, -0.2) is 36.5 Å². The molecule has 0 saturated carbocycles. The SMILES string of the molecule is COc1ccccc1CCn1cnc2c(nnc3c(-c4ccc(Cl)cc4)c(C)nn32)c1=O. The van der Waals surface area contributed by atoms with Crippen molar-refractivity contribution in [3.63, 3.8) is 0 Å². The summed E-state index contributed by atoms with van der Waals surface area (Å²) in [7, 11) is 1.63. The largest absolute Gasteiger partial charge is 0.496 e. The summed E-state index contributed by atoms with van der Waals surface area (Å²) in [6, 6.07) is 15.2. The summed E-state index contributed by atoms with van der Waals surface area (Å²) in [4.78, 5) is 17.6. The molecule has 0 atom stereocenters. The smallest absolute Gasteiger partial charge is 0.283 e. The van der Waals surface area contributed by atoms with Crippen molar-refractivity contribution in [2.75, 3.05) is 7.11 Å². The van der Waals surface area contributed by atoms with Gasteiger partial charge < -0.3 is 4.74 Å². The van der Waals surface area contributed by atoms with Crippen LogP contribution in [0.4, 0.5) is 0 Å². The maximum Gasteiger partial charge on any atom is 0.283 e. The highest BCUT2D eigenvalue weighted by Crippen LogP contribution is 2.28. The number of nitrogens with zero attached hydrogens (tertiary/aromatic N) is 6. The highest BCUT2D eigenvalue weighted by atomic mass is 35.5. The van der Waals surface area contributed by atoms with Gasteiger partial charge in [-0.15, -0.1) is 10.2 Å². The molecule has 5 aromatic rings. The number of fused-ring (bicyclic) bond motifs is 3. The minimum absolute atomic E-state index is 0.171. The average Bonchev–Trinajstić information content (AvgIpc) is 3.15. The number of hydrogen-bond donors (Lipinski definition) is 0. The van der Waals surface area contributed by atoms with Gasteiger partial charge in [-0.05, 0) is 42.7 Å². The molecule has 32 heavy (non-hydrogen) atoms. The Bertz CT molecular complexity index is 1510. The third-order valence-corrected chi connectivity index (χ3v) is 5.68. The minimum atomic E-state index is -0.263. The van der Waals surface area contributed by atoms with Crippen molar-refractivity contribution >= 4 is 28.4 Å². The van der Waals surface area contributed by atoms with E-state index in [0.29, 0.717) is 29.3 Å². The van der Waals surface area contributed by atoms with Gasteiger partial charge in [0, 0.05) is 11.6 Å². The molecule has 0 N–H and O–H groups in total. The standard InChI is InChI=1S/C23H19ClN6O2/c1-14-19(16-7-9-17(24)10-8-16)21-27-26-20-22(30(21)28-14)25-13-29(23(20)31)12-11-15-5-3-4-6-18(15)32-2/h3-10,13H,11-12H2,1-2H3. The normalized spacial score (nSPS) is 11.3. The Kier molecular flexibility index (Phi) is 5.07. The molecule has 8 nitrogen and oxygen atoms in total. The zero-order chi connectivity index (χ0) is 22.2. The first-order chi connectivity index (χ1) is 15.6. The number of hydrogen-bond acceptors (Lipinski definition) is 6. The molecular weight excluding hydrogens is 428 g/mol. The van der Waals surface area contributed by atoms with Crippen LogP contribution in [0.3, 0.4) is 0 Å². The third-order valence-electron chi connectivity index (χ3n) is 5.42. The van der Waals surface area contributed by atoms with Gasteiger partial charge in [0.25, 0.3) is 5.56 Å². The second-order valence-electron chi connectivity index (χ2n) is 7.38. The van der Waals surface area contributed by atoms with Gasteiger partial charge in [-0.25, -0.2) is 4.98 Å². The molecule has 5 rings (SSSR count). The summed E-state index contributed by atoms with van der Waals surface area (Å²) in [5, 5.41) is 13.8. The fourth-order valence-corrected chi connectivity index (χ4v) is 3.95. The highest BCUT2D eigenvalue weighted by molar-refractivity contribution is 6.30. The van der Waals surface area contributed by atoms with Gasteiger partial charge in [0.2, 0.25) is 0 Å². The molecule has 0 radical (unpaired) electrons. The molecule has 0 aliphatic heterocycles.